The number of anilines is 1. The number of rotatable bonds is 7. The van der Waals surface area contributed by atoms with Gasteiger partial charge in [-0.1, -0.05) is 13.0 Å². The fourth-order valence-electron chi connectivity index (χ4n) is 2.52. The van der Waals surface area contributed by atoms with Gasteiger partial charge in [-0.2, -0.15) is 0 Å². The Balaban J connectivity index is 2.23. The van der Waals surface area contributed by atoms with E-state index >= 15 is 0 Å². The maximum Gasteiger partial charge on any atom is 0.412 e. The van der Waals surface area contributed by atoms with E-state index in [1.807, 2.05) is 18.4 Å². The van der Waals surface area contributed by atoms with E-state index in [2.05, 4.69) is 27.9 Å². The number of phenols is 1. The van der Waals surface area contributed by atoms with E-state index < -0.39 is 24.0 Å². The Bertz CT molecular complexity index is 889. The minimum atomic E-state index is -0.863. The number of hydroxylamine groups is 1. The molecule has 0 saturated heterocycles. The average Bonchev–Trinajstić information content (AvgIpc) is 2.72. The van der Waals surface area contributed by atoms with Gasteiger partial charge in [-0.15, -0.1) is 11.8 Å². The number of amides is 2. The molecule has 0 aliphatic rings. The van der Waals surface area contributed by atoms with Gasteiger partial charge in [-0.05, 0) is 71.3 Å². The third-order valence-electron chi connectivity index (χ3n) is 4.01. The molecule has 2 rings (SSSR count). The Morgan fingerprint density at radius 2 is 1.90 bits per heavy atom. The number of ether oxygens (including phenoxy) is 1. The molecule has 0 bridgehead atoms. The van der Waals surface area contributed by atoms with Crippen LogP contribution in [0.1, 0.15) is 18.6 Å². The lowest BCUT2D eigenvalue weighted by Gasteiger charge is -2.23. The second kappa shape index (κ2) is 11.1. The summed E-state index contributed by atoms with van der Waals surface area (Å²) in [5, 5.41) is 21.6. The van der Waals surface area contributed by atoms with E-state index in [-0.39, 0.29) is 5.75 Å². The Kier molecular flexibility index (Phi) is 8.80. The first-order valence-corrected chi connectivity index (χ1v) is 10.9. The number of thioether (sulfide) groups is 1. The van der Waals surface area contributed by atoms with E-state index in [9.17, 15) is 14.7 Å². The van der Waals surface area contributed by atoms with Crippen LogP contribution in [0.15, 0.2) is 59.5 Å². The molecule has 0 aliphatic heterocycles. The predicted octanol–water partition coefficient (Wildman–Crippen LogP) is 4.71. The van der Waals surface area contributed by atoms with E-state index in [0.29, 0.717) is 11.3 Å². The summed E-state index contributed by atoms with van der Waals surface area (Å²) in [4.78, 5) is 24.8. The van der Waals surface area contributed by atoms with Crippen molar-refractivity contribution < 1.29 is 24.6 Å². The van der Waals surface area contributed by atoms with E-state index in [1.165, 1.54) is 17.6 Å². The van der Waals surface area contributed by atoms with Gasteiger partial charge in [0.05, 0.1) is 0 Å². The van der Waals surface area contributed by atoms with Crippen LogP contribution in [0.25, 0.3) is 0 Å². The fraction of sp³-hybridized carbons (Fsp3) is 0.200. The van der Waals surface area contributed by atoms with Crippen molar-refractivity contribution in [1.82, 2.24) is 5.48 Å². The number of aromatic hydroxyl groups is 1. The molecule has 2 aromatic carbocycles. The first-order valence-electron chi connectivity index (χ1n) is 8.56. The third kappa shape index (κ3) is 6.94. The number of carbonyl (C=O) groups excluding carboxylic acids is 2. The minimum absolute atomic E-state index is 0.0283. The molecule has 9 heteroatoms. The number of hydrogen-bond acceptors (Lipinski definition) is 6. The highest BCUT2D eigenvalue weighted by Crippen LogP contribution is 2.34. The summed E-state index contributed by atoms with van der Waals surface area (Å²) in [6, 6.07) is 12.2. The number of halogens is 1. The molecule has 2 amide bonds. The van der Waals surface area contributed by atoms with E-state index in [1.54, 1.807) is 43.0 Å². The molecule has 0 heterocycles. The van der Waals surface area contributed by atoms with Gasteiger partial charge >= 0.3 is 6.09 Å². The monoisotopic (exact) mass is 528 g/mol. The highest BCUT2D eigenvalue weighted by molar-refractivity contribution is 14.1. The Morgan fingerprint density at radius 1 is 1.21 bits per heavy atom. The van der Waals surface area contributed by atoms with Crippen molar-refractivity contribution in [3.05, 3.63) is 63.8 Å². The van der Waals surface area contributed by atoms with Crippen molar-refractivity contribution in [2.45, 2.75) is 17.9 Å². The Hall–Kier alpha value is -2.24. The van der Waals surface area contributed by atoms with Crippen molar-refractivity contribution in [3.63, 3.8) is 0 Å². The van der Waals surface area contributed by atoms with E-state index in [4.69, 9.17) is 9.94 Å². The molecule has 0 aromatic heterocycles. The lowest BCUT2D eigenvalue weighted by Crippen LogP contribution is -2.22. The van der Waals surface area contributed by atoms with Gasteiger partial charge < -0.3 is 9.84 Å². The van der Waals surface area contributed by atoms with Gasteiger partial charge in [0.1, 0.15) is 11.9 Å². The zero-order valence-electron chi connectivity index (χ0n) is 15.8. The van der Waals surface area contributed by atoms with Crippen molar-refractivity contribution in [2.75, 3.05) is 11.6 Å². The molecule has 4 N–H and O–H groups in total. The predicted molar refractivity (Wildman–Crippen MR) is 120 cm³/mol. The van der Waals surface area contributed by atoms with Crippen LogP contribution in [-0.2, 0) is 9.53 Å². The van der Waals surface area contributed by atoms with Crippen molar-refractivity contribution >= 4 is 52.0 Å². The maximum absolute atomic E-state index is 12.5. The van der Waals surface area contributed by atoms with E-state index in [0.717, 1.165) is 14.5 Å². The number of phenolic OH excluding ortho intramolecular Hbond substituents is 1. The molecule has 29 heavy (non-hydrogen) atoms. The summed E-state index contributed by atoms with van der Waals surface area (Å²) >= 11 is 3.68. The number of benzene rings is 2. The summed E-state index contributed by atoms with van der Waals surface area (Å²) < 4.78 is 6.45. The van der Waals surface area contributed by atoms with Crippen LogP contribution in [0.3, 0.4) is 0 Å². The van der Waals surface area contributed by atoms with Crippen LogP contribution in [-0.4, -0.2) is 28.6 Å². The molecule has 0 unspecified atom stereocenters. The molecule has 0 saturated carbocycles. The molecule has 0 radical (unpaired) electrons. The lowest BCUT2D eigenvalue weighted by atomic mass is 9.96. The largest absolute Gasteiger partial charge is 0.508 e. The Labute approximate surface area is 186 Å². The Morgan fingerprint density at radius 3 is 2.52 bits per heavy atom. The second-order valence-corrected chi connectivity index (χ2v) is 8.20. The molecular formula is C20H21IN2O5S. The second-order valence-electron chi connectivity index (χ2n) is 6.08. The molecular weight excluding hydrogens is 507 g/mol. The average molecular weight is 528 g/mol. The standard InChI is InChI=1S/C20H21IN2O5S/c1-12(3-10-18(25)23-27)19(16-11-13(21)4-9-17(16)24)28-20(26)22-14-5-7-15(29-2)8-6-14/h3-12,19,24,27H,1-2H3,(H,22,26)(H,23,25)/b10-3+/t12-,19-/m0/s1. The smallest absolute Gasteiger partial charge is 0.412 e. The van der Waals surface area contributed by atoms with Crippen LogP contribution >= 0.6 is 34.4 Å². The summed E-state index contributed by atoms with van der Waals surface area (Å²) in [5.41, 5.74) is 2.48. The summed E-state index contributed by atoms with van der Waals surface area (Å²) in [6.07, 6.45) is 3.01. The summed E-state index contributed by atoms with van der Waals surface area (Å²) in [5.74, 6) is -1.21. The van der Waals surface area contributed by atoms with Gasteiger partial charge in [0, 0.05) is 31.7 Å². The van der Waals surface area contributed by atoms with Gasteiger partial charge in [0.25, 0.3) is 5.91 Å². The lowest BCUT2D eigenvalue weighted by molar-refractivity contribution is -0.124. The minimum Gasteiger partial charge on any atom is -0.508 e. The van der Waals surface area contributed by atoms with Gasteiger partial charge in [-0.3, -0.25) is 15.3 Å². The molecule has 7 nitrogen and oxygen atoms in total. The first-order chi connectivity index (χ1) is 13.8. The van der Waals surface area contributed by atoms with Gasteiger partial charge in [0.15, 0.2) is 0 Å². The van der Waals surface area contributed by atoms with Crippen LogP contribution in [0.2, 0.25) is 0 Å². The van der Waals surface area contributed by atoms with Crippen molar-refractivity contribution in [3.8, 4) is 5.75 Å². The summed E-state index contributed by atoms with van der Waals surface area (Å²) in [6.45, 7) is 1.73. The van der Waals surface area contributed by atoms with Crippen molar-refractivity contribution in [2.24, 2.45) is 5.92 Å². The molecule has 2 atom stereocenters. The quantitative estimate of drug-likeness (QED) is 0.136. The fourth-order valence-corrected chi connectivity index (χ4v) is 3.45. The molecule has 0 spiro atoms. The molecule has 2 aromatic rings. The SMILES string of the molecule is CSc1ccc(NC(=O)O[C@H](c2cc(I)ccc2O)[C@@H](C)/C=C/C(=O)NO)cc1. The zero-order valence-corrected chi connectivity index (χ0v) is 18.7. The van der Waals surface area contributed by atoms with Gasteiger partial charge in [0.2, 0.25) is 0 Å². The molecule has 0 aliphatic carbocycles. The first kappa shape index (κ1) is 23.0. The normalized spacial score (nSPS) is 13.0. The van der Waals surface area contributed by atoms with Crippen LogP contribution in [0.5, 0.6) is 5.75 Å². The molecule has 0 fully saturated rings. The highest BCUT2D eigenvalue weighted by atomic mass is 127. The van der Waals surface area contributed by atoms with Crippen molar-refractivity contribution in [1.29, 1.82) is 0 Å². The third-order valence-corrected chi connectivity index (χ3v) is 5.42. The maximum atomic E-state index is 12.5. The van der Waals surface area contributed by atoms with Crippen LogP contribution in [0.4, 0.5) is 10.5 Å². The van der Waals surface area contributed by atoms with Gasteiger partial charge in [-0.25, -0.2) is 10.3 Å². The topological polar surface area (TPSA) is 108 Å². The molecule has 154 valence electrons. The highest BCUT2D eigenvalue weighted by Gasteiger charge is 2.25. The number of nitrogens with one attached hydrogen (secondary N) is 2. The number of carbonyl (C=O) groups is 2. The summed E-state index contributed by atoms with van der Waals surface area (Å²) in [7, 11) is 0. The zero-order chi connectivity index (χ0) is 21.4. The number of hydrogen-bond donors (Lipinski definition) is 4. The van der Waals surface area contributed by atoms with Crippen LogP contribution < -0.4 is 10.8 Å². The van der Waals surface area contributed by atoms with Crippen LogP contribution in [0, 0.1) is 9.49 Å².